The van der Waals surface area contributed by atoms with Gasteiger partial charge < -0.3 is 10.2 Å². The fourth-order valence-electron chi connectivity index (χ4n) is 1.79. The molecule has 0 amide bonds. The summed E-state index contributed by atoms with van der Waals surface area (Å²) in [6.45, 7) is 6.47. The summed E-state index contributed by atoms with van der Waals surface area (Å²) in [6, 6.07) is 0. The molecule has 1 atom stereocenters. The Kier molecular flexibility index (Phi) is 11.9. The van der Waals surface area contributed by atoms with Crippen molar-refractivity contribution in [3.63, 3.8) is 0 Å². The van der Waals surface area contributed by atoms with Gasteiger partial charge in [0.2, 0.25) is 0 Å². The molecule has 0 bridgehead atoms. The zero-order valence-corrected chi connectivity index (χ0v) is 15.5. The Labute approximate surface area is 141 Å². The van der Waals surface area contributed by atoms with Crippen LogP contribution < -0.4 is 0 Å². The van der Waals surface area contributed by atoms with Crippen LogP contribution in [0.2, 0.25) is 19.6 Å². The molecule has 23 heavy (non-hydrogen) atoms. The number of unbranched alkanes of at least 4 members (excludes halogenated alkanes) is 5. The summed E-state index contributed by atoms with van der Waals surface area (Å²) in [5, 5.41) is 18.2. The molecule has 0 spiro atoms. The smallest absolute Gasteiger partial charge is 0.303 e. The van der Waals surface area contributed by atoms with Gasteiger partial charge in [-0.2, -0.15) is 0 Å². The van der Waals surface area contributed by atoms with E-state index in [4.69, 9.17) is 5.11 Å². The molecule has 0 aromatic carbocycles. The van der Waals surface area contributed by atoms with Crippen LogP contribution in [0.1, 0.15) is 51.4 Å². The van der Waals surface area contributed by atoms with Crippen LogP contribution >= 0.6 is 0 Å². The van der Waals surface area contributed by atoms with Gasteiger partial charge >= 0.3 is 5.97 Å². The third-order valence-corrected chi connectivity index (χ3v) is 3.86. The van der Waals surface area contributed by atoms with Gasteiger partial charge in [0, 0.05) is 6.42 Å². The van der Waals surface area contributed by atoms with Crippen molar-refractivity contribution in [3.05, 3.63) is 0 Å². The first-order valence-corrected chi connectivity index (χ1v) is 11.7. The van der Waals surface area contributed by atoms with Crippen LogP contribution in [0.4, 0.5) is 0 Å². The Hall–Kier alpha value is -1.67. The van der Waals surface area contributed by atoms with Crippen LogP contribution in [0.25, 0.3) is 0 Å². The molecule has 0 aliphatic rings. The Bertz CT molecular complexity index is 527. The van der Waals surface area contributed by atoms with Crippen LogP contribution in [0, 0.1) is 35.1 Å². The number of carbonyl (C=O) groups is 1. The number of rotatable bonds is 9. The fraction of sp³-hybridized carbons (Fsp3) is 0.632. The third-order valence-electron chi connectivity index (χ3n) is 2.98. The minimum Gasteiger partial charge on any atom is -0.481 e. The number of carboxylic acid groups (broad SMARTS) is 1. The van der Waals surface area contributed by atoms with Gasteiger partial charge in [-0.15, -0.1) is 5.54 Å². The van der Waals surface area contributed by atoms with Crippen LogP contribution in [0.15, 0.2) is 0 Å². The zero-order valence-electron chi connectivity index (χ0n) is 14.5. The number of hydrogen-bond acceptors (Lipinski definition) is 2. The molecule has 0 rings (SSSR count). The van der Waals surface area contributed by atoms with Crippen LogP contribution in [0.5, 0.6) is 0 Å². The topological polar surface area (TPSA) is 57.5 Å². The first-order chi connectivity index (χ1) is 10.8. The summed E-state index contributed by atoms with van der Waals surface area (Å²) in [5.74, 6) is 12.8. The first kappa shape index (κ1) is 21.3. The van der Waals surface area contributed by atoms with Crippen LogP contribution in [-0.2, 0) is 4.79 Å². The Morgan fingerprint density at radius 3 is 2.09 bits per heavy atom. The van der Waals surface area contributed by atoms with E-state index in [1.807, 2.05) is 0 Å². The van der Waals surface area contributed by atoms with Gasteiger partial charge in [0.25, 0.3) is 0 Å². The Morgan fingerprint density at radius 1 is 0.913 bits per heavy atom. The van der Waals surface area contributed by atoms with Gasteiger partial charge in [-0.1, -0.05) is 51.2 Å². The molecule has 0 saturated heterocycles. The van der Waals surface area contributed by atoms with E-state index in [-0.39, 0.29) is 6.42 Å². The number of aliphatic hydroxyl groups excluding tert-OH is 1. The molecular formula is C19H28O3Si. The van der Waals surface area contributed by atoms with E-state index in [0.29, 0.717) is 6.42 Å². The fourth-order valence-corrected chi connectivity index (χ4v) is 2.23. The van der Waals surface area contributed by atoms with E-state index in [1.165, 1.54) is 0 Å². The highest BCUT2D eigenvalue weighted by molar-refractivity contribution is 6.83. The summed E-state index contributed by atoms with van der Waals surface area (Å²) in [4.78, 5) is 10.3. The second-order valence-electron chi connectivity index (χ2n) is 6.59. The van der Waals surface area contributed by atoms with Gasteiger partial charge in [0.1, 0.15) is 14.2 Å². The normalized spacial score (nSPS) is 11.1. The maximum absolute atomic E-state index is 10.3. The van der Waals surface area contributed by atoms with Crippen LogP contribution in [0.3, 0.4) is 0 Å². The maximum Gasteiger partial charge on any atom is 0.303 e. The molecule has 0 aromatic rings. The number of aliphatic carboxylic acids is 1. The van der Waals surface area contributed by atoms with Gasteiger partial charge in [-0.05, 0) is 42.9 Å². The second-order valence-corrected chi connectivity index (χ2v) is 11.3. The molecule has 0 heterocycles. The van der Waals surface area contributed by atoms with Crippen molar-refractivity contribution >= 4 is 14.0 Å². The largest absolute Gasteiger partial charge is 0.481 e. The number of aliphatic hydroxyl groups is 1. The molecule has 4 heteroatoms. The van der Waals surface area contributed by atoms with Gasteiger partial charge in [-0.3, -0.25) is 4.79 Å². The minimum atomic E-state index is -1.37. The number of hydrogen-bond donors (Lipinski definition) is 2. The van der Waals surface area contributed by atoms with Crippen molar-refractivity contribution in [2.24, 2.45) is 0 Å². The monoisotopic (exact) mass is 332 g/mol. The van der Waals surface area contributed by atoms with Crippen molar-refractivity contribution in [3.8, 4) is 35.1 Å². The summed E-state index contributed by atoms with van der Waals surface area (Å²) in [7, 11) is -1.37. The minimum absolute atomic E-state index is 0.262. The highest BCUT2D eigenvalue weighted by atomic mass is 28.3. The van der Waals surface area contributed by atoms with Crippen molar-refractivity contribution in [1.82, 2.24) is 0 Å². The lowest BCUT2D eigenvalue weighted by Crippen LogP contribution is -2.16. The van der Waals surface area contributed by atoms with Crippen molar-refractivity contribution in [2.45, 2.75) is 77.1 Å². The lowest BCUT2D eigenvalue weighted by Gasteiger charge is -2.03. The summed E-state index contributed by atoms with van der Waals surface area (Å²) < 4.78 is 0. The molecule has 0 aliphatic carbocycles. The van der Waals surface area contributed by atoms with E-state index in [9.17, 15) is 9.90 Å². The average Bonchev–Trinajstić information content (AvgIpc) is 2.44. The molecule has 1 unspecified atom stereocenters. The molecule has 2 N–H and O–H groups in total. The standard InChI is InChI=1S/C19H28O3Si/c1-23(2,3)17-13-9-8-11-15-18(20)14-10-6-4-5-7-12-16-19(21)22/h18,20H,4-7,10,12,14,16H2,1-3H3,(H,21,22). The molecule has 0 aromatic heterocycles. The highest BCUT2D eigenvalue weighted by Gasteiger charge is 2.06. The first-order valence-electron chi connectivity index (χ1n) is 8.24. The van der Waals surface area contributed by atoms with Gasteiger partial charge in [-0.25, -0.2) is 0 Å². The van der Waals surface area contributed by atoms with Crippen molar-refractivity contribution < 1.29 is 15.0 Å². The van der Waals surface area contributed by atoms with E-state index in [2.05, 4.69) is 54.8 Å². The zero-order chi connectivity index (χ0) is 17.6. The predicted octanol–water partition coefficient (Wildman–Crippen LogP) is 3.44. The van der Waals surface area contributed by atoms with Crippen LogP contribution in [-0.4, -0.2) is 30.4 Å². The van der Waals surface area contributed by atoms with Gasteiger partial charge in [0.05, 0.1) is 0 Å². The summed E-state index contributed by atoms with van der Waals surface area (Å²) in [6.07, 6.45) is 6.10. The summed E-state index contributed by atoms with van der Waals surface area (Å²) >= 11 is 0. The Balaban J connectivity index is 3.71. The molecule has 0 aliphatic heterocycles. The SMILES string of the molecule is C[Si](C)(C)C#CC#CC#CC(O)CCCCCCCCC(=O)O. The predicted molar refractivity (Wildman–Crippen MR) is 97.3 cm³/mol. The van der Waals surface area contributed by atoms with Gasteiger partial charge in [0.15, 0.2) is 0 Å². The van der Waals surface area contributed by atoms with E-state index >= 15 is 0 Å². The third kappa shape index (κ3) is 18.3. The summed E-state index contributed by atoms with van der Waals surface area (Å²) in [5.41, 5.74) is 3.13. The van der Waals surface area contributed by atoms with E-state index < -0.39 is 20.1 Å². The van der Waals surface area contributed by atoms with E-state index in [1.54, 1.807) is 0 Å². The van der Waals surface area contributed by atoms with Crippen molar-refractivity contribution in [1.29, 1.82) is 0 Å². The number of carboxylic acids is 1. The van der Waals surface area contributed by atoms with E-state index in [0.717, 1.165) is 38.5 Å². The van der Waals surface area contributed by atoms with Crippen molar-refractivity contribution in [2.75, 3.05) is 0 Å². The highest BCUT2D eigenvalue weighted by Crippen LogP contribution is 2.09. The molecular weight excluding hydrogens is 304 g/mol. The molecule has 0 saturated carbocycles. The molecule has 126 valence electrons. The lowest BCUT2D eigenvalue weighted by atomic mass is 10.1. The average molecular weight is 333 g/mol. The quantitative estimate of drug-likeness (QED) is 0.386. The molecule has 0 radical (unpaired) electrons. The lowest BCUT2D eigenvalue weighted by molar-refractivity contribution is -0.137. The molecule has 0 fully saturated rings. The maximum atomic E-state index is 10.3. The second kappa shape index (κ2) is 12.8. The molecule has 3 nitrogen and oxygen atoms in total. The Morgan fingerprint density at radius 2 is 1.48 bits per heavy atom.